The quantitative estimate of drug-likeness (QED) is 0.267. The summed E-state index contributed by atoms with van der Waals surface area (Å²) >= 11 is 0. The van der Waals surface area contributed by atoms with Crippen LogP contribution in [0.5, 0.6) is 0 Å². The number of likely N-dealkylation sites (N-methyl/N-ethyl adjacent to an activating group) is 1. The van der Waals surface area contributed by atoms with Crippen molar-refractivity contribution in [1.29, 1.82) is 5.26 Å². The van der Waals surface area contributed by atoms with Gasteiger partial charge in [-0.3, -0.25) is 4.79 Å². The first-order valence-corrected chi connectivity index (χ1v) is 13.6. The van der Waals surface area contributed by atoms with Crippen LogP contribution in [0.3, 0.4) is 0 Å². The molecule has 0 radical (unpaired) electrons. The molecule has 4 atom stereocenters. The summed E-state index contributed by atoms with van der Waals surface area (Å²) in [7, 11) is 3.61. The van der Waals surface area contributed by atoms with Crippen molar-refractivity contribution in [2.24, 2.45) is 0 Å². The van der Waals surface area contributed by atoms with E-state index in [1.807, 2.05) is 24.3 Å². The summed E-state index contributed by atoms with van der Waals surface area (Å²) in [5.74, 6) is -0.523. The second-order valence-electron chi connectivity index (χ2n) is 10.5. The number of anilines is 1. The third-order valence-electron chi connectivity index (χ3n) is 7.57. The maximum atomic E-state index is 12.8. The highest BCUT2D eigenvalue weighted by molar-refractivity contribution is 6.02. The molecule has 2 saturated heterocycles. The van der Waals surface area contributed by atoms with Gasteiger partial charge in [0.2, 0.25) is 0 Å². The van der Waals surface area contributed by atoms with Gasteiger partial charge in [-0.2, -0.15) is 5.26 Å². The van der Waals surface area contributed by atoms with Crippen LogP contribution in [0.15, 0.2) is 48.2 Å². The van der Waals surface area contributed by atoms with Gasteiger partial charge in [-0.15, -0.1) is 5.10 Å². The van der Waals surface area contributed by atoms with Crippen molar-refractivity contribution < 1.29 is 24.5 Å². The summed E-state index contributed by atoms with van der Waals surface area (Å²) in [6, 6.07) is 14.2. The molecule has 0 unspecified atom stereocenters. The van der Waals surface area contributed by atoms with Crippen molar-refractivity contribution in [2.75, 3.05) is 45.2 Å². The molecule has 12 heteroatoms. The van der Waals surface area contributed by atoms with Gasteiger partial charge in [-0.25, -0.2) is 4.68 Å². The summed E-state index contributed by atoms with van der Waals surface area (Å²) in [6.45, 7) is 4.27. The standard InChI is InChI=1S/C29H35N7O5/c1-34-7-9-35(10-8-34)24-6-5-20-11-19(3-4-21(20)13-24)12-22(15-30)29(39)31-16-23-17-36(33-32-23)18-26-28(38)25(37)14-27(40-2)41-26/h3-6,11-13,17,25-28,37-38H,7-10,14,16,18H2,1-2H3,(H,31,39)/b22-12+/t25-,26-,27+,28+/m1/s1. The number of benzene rings is 2. The molecule has 1 amide bonds. The van der Waals surface area contributed by atoms with Crippen LogP contribution in [0.1, 0.15) is 17.7 Å². The Kier molecular flexibility index (Phi) is 8.92. The van der Waals surface area contributed by atoms with Crippen molar-refractivity contribution in [3.05, 3.63) is 59.4 Å². The highest BCUT2D eigenvalue weighted by Gasteiger charge is 2.37. The van der Waals surface area contributed by atoms with Gasteiger partial charge in [0.1, 0.15) is 29.5 Å². The van der Waals surface area contributed by atoms with Crippen LogP contribution in [0.2, 0.25) is 0 Å². The molecule has 3 N–H and O–H groups in total. The summed E-state index contributed by atoms with van der Waals surface area (Å²) in [6.07, 6.45) is -0.0754. The number of hydrogen-bond acceptors (Lipinski definition) is 10. The van der Waals surface area contributed by atoms with E-state index < -0.39 is 30.5 Å². The Morgan fingerprint density at radius 2 is 1.95 bits per heavy atom. The lowest BCUT2D eigenvalue weighted by atomic mass is 10.0. The van der Waals surface area contributed by atoms with Crippen LogP contribution in [0.4, 0.5) is 5.69 Å². The van der Waals surface area contributed by atoms with Gasteiger partial charge in [0.25, 0.3) is 5.91 Å². The van der Waals surface area contributed by atoms with Crippen molar-refractivity contribution in [2.45, 2.75) is 44.1 Å². The Balaban J connectivity index is 1.19. The van der Waals surface area contributed by atoms with Crippen LogP contribution in [0.25, 0.3) is 16.8 Å². The number of piperazine rings is 1. The number of aliphatic hydroxyl groups is 2. The number of amides is 1. The molecule has 41 heavy (non-hydrogen) atoms. The van der Waals surface area contributed by atoms with Gasteiger partial charge in [0, 0.05) is 45.4 Å². The van der Waals surface area contributed by atoms with E-state index in [4.69, 9.17) is 9.47 Å². The van der Waals surface area contributed by atoms with E-state index in [2.05, 4.69) is 50.7 Å². The van der Waals surface area contributed by atoms with Gasteiger partial charge in [-0.05, 0) is 47.7 Å². The normalized spacial score (nSPS) is 23.9. The Labute approximate surface area is 238 Å². The van der Waals surface area contributed by atoms with E-state index in [0.29, 0.717) is 5.69 Å². The van der Waals surface area contributed by atoms with Gasteiger partial charge in [0.15, 0.2) is 6.29 Å². The molecule has 2 aliphatic rings. The average molecular weight is 562 g/mol. The Hall–Kier alpha value is -3.86. The van der Waals surface area contributed by atoms with Crippen LogP contribution < -0.4 is 10.2 Å². The van der Waals surface area contributed by atoms with E-state index in [1.165, 1.54) is 17.5 Å². The fourth-order valence-corrected chi connectivity index (χ4v) is 5.10. The number of methoxy groups -OCH3 is 1. The van der Waals surface area contributed by atoms with Crippen LogP contribution in [0, 0.1) is 11.3 Å². The van der Waals surface area contributed by atoms with E-state index >= 15 is 0 Å². The number of nitriles is 1. The van der Waals surface area contributed by atoms with Gasteiger partial charge in [0.05, 0.1) is 25.4 Å². The first kappa shape index (κ1) is 28.7. The van der Waals surface area contributed by atoms with E-state index in [1.54, 1.807) is 12.3 Å². The van der Waals surface area contributed by atoms with Crippen molar-refractivity contribution >= 4 is 28.4 Å². The zero-order chi connectivity index (χ0) is 28.9. The Bertz CT molecular complexity index is 1440. The highest BCUT2D eigenvalue weighted by Crippen LogP contribution is 2.25. The summed E-state index contributed by atoms with van der Waals surface area (Å²) in [4.78, 5) is 17.5. The maximum absolute atomic E-state index is 12.8. The third-order valence-corrected chi connectivity index (χ3v) is 7.57. The molecule has 3 heterocycles. The molecule has 1 aromatic heterocycles. The highest BCUT2D eigenvalue weighted by atomic mass is 16.7. The van der Waals surface area contributed by atoms with Crippen molar-refractivity contribution in [1.82, 2.24) is 25.2 Å². The minimum atomic E-state index is -1.09. The summed E-state index contributed by atoms with van der Waals surface area (Å²) in [5, 5.41) is 42.8. The number of hydrogen-bond donors (Lipinski definition) is 3. The lowest BCUT2D eigenvalue weighted by molar-refractivity contribution is -0.245. The number of carbonyl (C=O) groups is 1. The number of ether oxygens (including phenoxy) is 2. The fourth-order valence-electron chi connectivity index (χ4n) is 5.10. The van der Waals surface area contributed by atoms with Crippen molar-refractivity contribution in [3.8, 4) is 6.07 Å². The number of aliphatic hydroxyl groups excluding tert-OH is 2. The van der Waals surface area contributed by atoms with Crippen molar-refractivity contribution in [3.63, 3.8) is 0 Å². The molecule has 2 fully saturated rings. The van der Waals surface area contributed by atoms with Crippen LogP contribution in [-0.2, 0) is 27.4 Å². The SMILES string of the molecule is CO[C@@H]1C[C@@H](O)[C@H](O)[C@@H](Cn2cc(CNC(=O)/C(C#N)=C/c3ccc4cc(N5CCN(C)CC5)ccc4c3)nn2)O1. The van der Waals surface area contributed by atoms with Crippen LogP contribution in [-0.4, -0.2) is 101 Å². The smallest absolute Gasteiger partial charge is 0.262 e. The Morgan fingerprint density at radius 3 is 2.71 bits per heavy atom. The third kappa shape index (κ3) is 6.90. The lowest BCUT2D eigenvalue weighted by Gasteiger charge is -2.36. The minimum Gasteiger partial charge on any atom is -0.390 e. The zero-order valence-electron chi connectivity index (χ0n) is 23.2. The number of carbonyl (C=O) groups excluding carboxylic acids is 1. The first-order valence-electron chi connectivity index (χ1n) is 13.6. The van der Waals surface area contributed by atoms with Gasteiger partial charge >= 0.3 is 0 Å². The largest absolute Gasteiger partial charge is 0.390 e. The predicted octanol–water partition coefficient (Wildman–Crippen LogP) is 0.890. The molecule has 0 saturated carbocycles. The molecule has 0 aliphatic carbocycles. The topological polar surface area (TPSA) is 149 Å². The van der Waals surface area contributed by atoms with E-state index in [9.17, 15) is 20.3 Å². The summed E-state index contributed by atoms with van der Waals surface area (Å²) < 4.78 is 12.3. The fraction of sp³-hybridized carbons (Fsp3) is 0.448. The van der Waals surface area contributed by atoms with Gasteiger partial charge < -0.3 is 34.8 Å². The first-order chi connectivity index (χ1) is 19.8. The number of nitrogens with one attached hydrogen (secondary N) is 1. The average Bonchev–Trinajstić information content (AvgIpc) is 3.44. The molecule has 216 valence electrons. The molecule has 0 spiro atoms. The molecule has 3 aromatic rings. The molecule has 2 aromatic carbocycles. The molecule has 12 nitrogen and oxygen atoms in total. The minimum absolute atomic E-state index is 0.0240. The number of fused-ring (bicyclic) bond motifs is 1. The van der Waals surface area contributed by atoms with Crippen LogP contribution >= 0.6 is 0 Å². The molecule has 0 bridgehead atoms. The number of aromatic nitrogens is 3. The molecular formula is C29H35N7O5. The predicted molar refractivity (Wildman–Crippen MR) is 151 cm³/mol. The summed E-state index contributed by atoms with van der Waals surface area (Å²) in [5.41, 5.74) is 2.39. The number of rotatable bonds is 8. The molecule has 2 aliphatic heterocycles. The second-order valence-corrected chi connectivity index (χ2v) is 10.5. The molecule has 5 rings (SSSR count). The number of nitrogens with zero attached hydrogens (tertiary/aromatic N) is 6. The zero-order valence-corrected chi connectivity index (χ0v) is 23.2. The molecular weight excluding hydrogens is 526 g/mol. The van der Waals surface area contributed by atoms with Gasteiger partial charge in [-0.1, -0.05) is 23.4 Å². The van der Waals surface area contributed by atoms with E-state index in [-0.39, 0.29) is 25.1 Å². The monoisotopic (exact) mass is 561 g/mol. The Morgan fingerprint density at radius 1 is 1.20 bits per heavy atom. The second kappa shape index (κ2) is 12.8. The van der Waals surface area contributed by atoms with E-state index in [0.717, 1.165) is 42.5 Å². The maximum Gasteiger partial charge on any atom is 0.262 e. The lowest BCUT2D eigenvalue weighted by Crippen LogP contribution is -2.50.